The molecule has 3 nitrogen and oxygen atoms in total. The van der Waals surface area contributed by atoms with E-state index >= 15 is 0 Å². The van der Waals surface area contributed by atoms with Crippen molar-refractivity contribution in [1.82, 2.24) is 4.98 Å². The quantitative estimate of drug-likeness (QED) is 0.776. The fourth-order valence-corrected chi connectivity index (χ4v) is 2.14. The smallest absolute Gasteiger partial charge is 0.139 e. The molecule has 0 radical (unpaired) electrons. The van der Waals surface area contributed by atoms with Crippen molar-refractivity contribution in [3.05, 3.63) is 59.4 Å². The molecule has 2 aromatic heterocycles. The van der Waals surface area contributed by atoms with Gasteiger partial charge in [0.05, 0.1) is 11.6 Å². The van der Waals surface area contributed by atoms with Gasteiger partial charge in [-0.2, -0.15) is 0 Å². The summed E-state index contributed by atoms with van der Waals surface area (Å²) in [6, 6.07) is 11.7. The molecule has 0 saturated heterocycles. The molecule has 3 rings (SSSR count). The Morgan fingerprint density at radius 2 is 1.95 bits per heavy atom. The second-order valence-corrected chi connectivity index (χ2v) is 4.73. The number of nitrogens with one attached hydrogen (secondary N) is 1. The van der Waals surface area contributed by atoms with E-state index in [2.05, 4.69) is 10.3 Å². The normalized spacial score (nSPS) is 10.8. The zero-order valence-corrected chi connectivity index (χ0v) is 11.0. The Labute approximate surface area is 116 Å². The molecular formula is C15H13ClN2O. The Morgan fingerprint density at radius 1 is 1.11 bits per heavy atom. The molecule has 0 fully saturated rings. The van der Waals surface area contributed by atoms with E-state index in [1.165, 1.54) is 5.56 Å². The standard InChI is InChI=1S/C15H13ClN2O/c16-12-3-1-11(2-4-12)5-8-17-15-13-7-10-19-14(13)6-9-18-15/h1-4,6-7,9-10H,5,8H2,(H,17,18). The van der Waals surface area contributed by atoms with Crippen LogP contribution in [0.15, 0.2) is 53.3 Å². The van der Waals surface area contributed by atoms with Crippen LogP contribution in [0.2, 0.25) is 5.02 Å². The maximum Gasteiger partial charge on any atom is 0.139 e. The van der Waals surface area contributed by atoms with Crippen molar-refractivity contribution in [3.8, 4) is 0 Å². The predicted octanol–water partition coefficient (Wildman–Crippen LogP) is 4.14. The minimum absolute atomic E-state index is 0.765. The van der Waals surface area contributed by atoms with Crippen LogP contribution in [0.1, 0.15) is 5.56 Å². The van der Waals surface area contributed by atoms with Gasteiger partial charge in [-0.15, -0.1) is 0 Å². The molecule has 0 bridgehead atoms. The molecule has 0 aliphatic carbocycles. The monoisotopic (exact) mass is 272 g/mol. The number of anilines is 1. The van der Waals surface area contributed by atoms with E-state index in [0.717, 1.165) is 34.8 Å². The highest BCUT2D eigenvalue weighted by molar-refractivity contribution is 6.30. The molecule has 0 aliphatic rings. The minimum Gasteiger partial charge on any atom is -0.464 e. The van der Waals surface area contributed by atoms with Gasteiger partial charge in [-0.1, -0.05) is 23.7 Å². The molecular weight excluding hydrogens is 260 g/mol. The van der Waals surface area contributed by atoms with Crippen LogP contribution < -0.4 is 5.32 Å². The van der Waals surface area contributed by atoms with Gasteiger partial charge in [-0.3, -0.25) is 0 Å². The number of fused-ring (bicyclic) bond motifs is 1. The summed E-state index contributed by atoms with van der Waals surface area (Å²) in [5.74, 6) is 0.861. The van der Waals surface area contributed by atoms with Crippen LogP contribution in [0.5, 0.6) is 0 Å². The molecule has 0 atom stereocenters. The van der Waals surface area contributed by atoms with Crippen molar-refractivity contribution in [2.75, 3.05) is 11.9 Å². The summed E-state index contributed by atoms with van der Waals surface area (Å²) in [5.41, 5.74) is 2.10. The highest BCUT2D eigenvalue weighted by atomic mass is 35.5. The van der Waals surface area contributed by atoms with Crippen molar-refractivity contribution >= 4 is 28.4 Å². The summed E-state index contributed by atoms with van der Waals surface area (Å²) in [6.07, 6.45) is 4.35. The fraction of sp³-hybridized carbons (Fsp3) is 0.133. The first kappa shape index (κ1) is 12.1. The summed E-state index contributed by atoms with van der Waals surface area (Å²) in [7, 11) is 0. The number of hydrogen-bond donors (Lipinski definition) is 1. The topological polar surface area (TPSA) is 38.1 Å². The van der Waals surface area contributed by atoms with E-state index in [1.807, 2.05) is 36.4 Å². The summed E-state index contributed by atoms with van der Waals surface area (Å²) in [6.45, 7) is 0.818. The molecule has 96 valence electrons. The SMILES string of the molecule is Clc1ccc(CCNc2nccc3occc23)cc1. The van der Waals surface area contributed by atoms with Gasteiger partial charge in [0.1, 0.15) is 11.4 Å². The number of rotatable bonds is 4. The number of aromatic nitrogens is 1. The van der Waals surface area contributed by atoms with Crippen molar-refractivity contribution in [2.45, 2.75) is 6.42 Å². The lowest BCUT2D eigenvalue weighted by Gasteiger charge is -2.06. The predicted molar refractivity (Wildman–Crippen MR) is 77.7 cm³/mol. The van der Waals surface area contributed by atoms with Crippen molar-refractivity contribution in [2.24, 2.45) is 0 Å². The van der Waals surface area contributed by atoms with Crippen LogP contribution in [-0.2, 0) is 6.42 Å². The van der Waals surface area contributed by atoms with Crippen LogP contribution in [-0.4, -0.2) is 11.5 Å². The fourth-order valence-electron chi connectivity index (χ4n) is 2.01. The average molecular weight is 273 g/mol. The first-order valence-electron chi connectivity index (χ1n) is 6.13. The molecule has 0 amide bonds. The second kappa shape index (κ2) is 5.33. The molecule has 0 unspecified atom stereocenters. The van der Waals surface area contributed by atoms with Gasteiger partial charge in [0, 0.05) is 17.8 Å². The summed E-state index contributed by atoms with van der Waals surface area (Å²) < 4.78 is 5.34. The third-order valence-electron chi connectivity index (χ3n) is 3.00. The maximum absolute atomic E-state index is 5.86. The van der Waals surface area contributed by atoms with Crippen LogP contribution >= 0.6 is 11.6 Å². The zero-order valence-electron chi connectivity index (χ0n) is 10.3. The van der Waals surface area contributed by atoms with Crippen LogP contribution in [0, 0.1) is 0 Å². The third kappa shape index (κ3) is 2.71. The Kier molecular flexibility index (Phi) is 3.38. The molecule has 2 heterocycles. The largest absolute Gasteiger partial charge is 0.464 e. The second-order valence-electron chi connectivity index (χ2n) is 4.30. The Hall–Kier alpha value is -2.00. The molecule has 1 aromatic carbocycles. The van der Waals surface area contributed by atoms with Crippen LogP contribution in [0.4, 0.5) is 5.82 Å². The van der Waals surface area contributed by atoms with E-state index in [9.17, 15) is 0 Å². The summed E-state index contributed by atoms with van der Waals surface area (Å²) >= 11 is 5.86. The van der Waals surface area contributed by atoms with Crippen molar-refractivity contribution < 1.29 is 4.42 Å². The molecule has 3 aromatic rings. The Bertz CT molecular complexity index is 676. The Balaban J connectivity index is 1.66. The average Bonchev–Trinajstić information content (AvgIpc) is 2.90. The first-order chi connectivity index (χ1) is 9.33. The number of benzene rings is 1. The van der Waals surface area contributed by atoms with Crippen molar-refractivity contribution in [1.29, 1.82) is 0 Å². The van der Waals surface area contributed by atoms with E-state index in [1.54, 1.807) is 12.5 Å². The minimum atomic E-state index is 0.765. The summed E-state index contributed by atoms with van der Waals surface area (Å²) in [5, 5.41) is 5.11. The van der Waals surface area contributed by atoms with Gasteiger partial charge in [0.2, 0.25) is 0 Å². The van der Waals surface area contributed by atoms with Crippen molar-refractivity contribution in [3.63, 3.8) is 0 Å². The molecule has 4 heteroatoms. The van der Waals surface area contributed by atoms with E-state index in [-0.39, 0.29) is 0 Å². The molecule has 0 aliphatic heterocycles. The number of hydrogen-bond acceptors (Lipinski definition) is 3. The van der Waals surface area contributed by atoms with Crippen LogP contribution in [0.3, 0.4) is 0 Å². The molecule has 0 saturated carbocycles. The lowest BCUT2D eigenvalue weighted by atomic mass is 10.1. The number of halogens is 1. The zero-order chi connectivity index (χ0) is 13.1. The molecule has 19 heavy (non-hydrogen) atoms. The van der Waals surface area contributed by atoms with E-state index < -0.39 is 0 Å². The van der Waals surface area contributed by atoms with Crippen LogP contribution in [0.25, 0.3) is 11.0 Å². The Morgan fingerprint density at radius 3 is 2.79 bits per heavy atom. The van der Waals surface area contributed by atoms with Gasteiger partial charge >= 0.3 is 0 Å². The first-order valence-corrected chi connectivity index (χ1v) is 6.51. The number of pyridine rings is 1. The molecule has 0 spiro atoms. The third-order valence-corrected chi connectivity index (χ3v) is 3.25. The van der Waals surface area contributed by atoms with Gasteiger partial charge in [0.15, 0.2) is 0 Å². The lowest BCUT2D eigenvalue weighted by Crippen LogP contribution is -2.06. The van der Waals surface area contributed by atoms with Gasteiger partial charge in [0.25, 0.3) is 0 Å². The van der Waals surface area contributed by atoms with Gasteiger partial charge < -0.3 is 9.73 Å². The summed E-state index contributed by atoms with van der Waals surface area (Å²) in [4.78, 5) is 4.33. The maximum atomic E-state index is 5.86. The number of furan rings is 1. The lowest BCUT2D eigenvalue weighted by molar-refractivity contribution is 0.615. The van der Waals surface area contributed by atoms with E-state index in [4.69, 9.17) is 16.0 Å². The molecule has 1 N–H and O–H groups in total. The number of nitrogens with zero attached hydrogens (tertiary/aromatic N) is 1. The highest BCUT2D eigenvalue weighted by Gasteiger charge is 2.03. The van der Waals surface area contributed by atoms with Gasteiger partial charge in [-0.25, -0.2) is 4.98 Å². The highest BCUT2D eigenvalue weighted by Crippen LogP contribution is 2.21. The van der Waals surface area contributed by atoms with Gasteiger partial charge in [-0.05, 0) is 36.2 Å². The van der Waals surface area contributed by atoms with E-state index in [0.29, 0.717) is 0 Å².